The Kier molecular flexibility index (Phi) is 14.1. The lowest BCUT2D eigenvalue weighted by molar-refractivity contribution is -0.0954. The zero-order valence-corrected chi connectivity index (χ0v) is 26.3. The smallest absolute Gasteiger partial charge is 0.344 e. The van der Waals surface area contributed by atoms with E-state index in [2.05, 4.69) is 14.5 Å². The molecule has 0 aliphatic carbocycles. The number of likely N-dealkylation sites (N-methyl/N-ethyl adjacent to an activating group) is 1. The Labute approximate surface area is 237 Å². The zero-order chi connectivity index (χ0) is 30.0. The highest BCUT2D eigenvalue weighted by atomic mass is 31.2. The van der Waals surface area contributed by atoms with Gasteiger partial charge in [0.2, 0.25) is 6.54 Å². The van der Waals surface area contributed by atoms with Crippen molar-refractivity contribution in [3.8, 4) is 0 Å². The number of nitrogens with one attached hydrogen (secondary N) is 1. The zero-order valence-electron chi connectivity index (χ0n) is 24.5. The summed E-state index contributed by atoms with van der Waals surface area (Å²) in [5.74, 6) is 0. The van der Waals surface area contributed by atoms with E-state index in [1.54, 1.807) is 25.8 Å². The maximum Gasteiger partial charge on any atom is 0.344 e. The molecule has 40 heavy (non-hydrogen) atoms. The molecule has 0 bridgehead atoms. The summed E-state index contributed by atoms with van der Waals surface area (Å²) in [6.07, 6.45) is -2.39. The Morgan fingerprint density at radius 2 is 1.80 bits per heavy atom. The number of hydrogen-bond donors (Lipinski definition) is 1. The molecule has 3 unspecified atom stereocenters. The minimum atomic E-state index is -3.53. The molecule has 1 saturated heterocycles. The van der Waals surface area contributed by atoms with Crippen molar-refractivity contribution in [3.05, 3.63) is 44.5 Å². The van der Waals surface area contributed by atoms with Crippen LogP contribution in [0, 0.1) is 6.57 Å². The molecule has 0 spiro atoms. The van der Waals surface area contributed by atoms with Gasteiger partial charge in [-0.15, -0.1) is 0 Å². The number of methoxy groups -OCH3 is 1. The van der Waals surface area contributed by atoms with Gasteiger partial charge in [-0.05, 0) is 48.6 Å². The molecule has 228 valence electrons. The van der Waals surface area contributed by atoms with Crippen molar-refractivity contribution in [1.29, 1.82) is 0 Å². The number of aromatic nitrogens is 2. The molecule has 1 aliphatic rings. The van der Waals surface area contributed by atoms with E-state index < -0.39 is 52.0 Å². The van der Waals surface area contributed by atoms with Crippen LogP contribution in [0.1, 0.15) is 47.8 Å². The van der Waals surface area contributed by atoms with Gasteiger partial charge in [-0.25, -0.2) is 16.0 Å². The highest BCUT2D eigenvalue weighted by molar-refractivity contribution is 7.53. The van der Waals surface area contributed by atoms with Gasteiger partial charge in [0, 0.05) is 31.5 Å². The van der Waals surface area contributed by atoms with E-state index in [1.165, 1.54) is 23.9 Å². The van der Waals surface area contributed by atoms with Crippen LogP contribution in [-0.4, -0.2) is 96.4 Å². The van der Waals surface area contributed by atoms with E-state index in [4.69, 9.17) is 34.1 Å². The molecule has 1 fully saturated rings. The summed E-state index contributed by atoms with van der Waals surface area (Å²) < 4.78 is 52.6. The first-order valence-electron chi connectivity index (χ1n) is 13.2. The fourth-order valence-corrected chi connectivity index (χ4v) is 7.91. The first kappa shape index (κ1) is 34.7. The van der Waals surface area contributed by atoms with Crippen molar-refractivity contribution in [1.82, 2.24) is 19.1 Å². The Balaban J connectivity index is 2.56. The van der Waals surface area contributed by atoms with Crippen LogP contribution >= 0.6 is 16.1 Å². The summed E-state index contributed by atoms with van der Waals surface area (Å²) in [4.78, 5) is 31.7. The second-order valence-electron chi connectivity index (χ2n) is 9.57. The Morgan fingerprint density at radius 3 is 2.30 bits per heavy atom. The summed E-state index contributed by atoms with van der Waals surface area (Å²) in [6.45, 7) is 19.4. The molecule has 0 radical (unpaired) electrons. The van der Waals surface area contributed by atoms with Crippen LogP contribution < -0.4 is 11.2 Å². The van der Waals surface area contributed by atoms with Crippen molar-refractivity contribution in [2.75, 3.05) is 46.8 Å². The molecule has 0 amide bonds. The van der Waals surface area contributed by atoms with Crippen LogP contribution in [0.5, 0.6) is 0 Å². The van der Waals surface area contributed by atoms with Gasteiger partial charge in [-0.1, -0.05) is 0 Å². The first-order valence-corrected chi connectivity index (χ1v) is 16.1. The van der Waals surface area contributed by atoms with Gasteiger partial charge in [0.05, 0.1) is 13.2 Å². The minimum Gasteiger partial charge on any atom is -0.374 e. The fraction of sp³-hybridized carbons (Fsp3) is 0.792. The Morgan fingerprint density at radius 1 is 1.18 bits per heavy atom. The van der Waals surface area contributed by atoms with Gasteiger partial charge in [0.25, 0.3) is 14.1 Å². The molecule has 0 saturated carbocycles. The summed E-state index contributed by atoms with van der Waals surface area (Å²) in [5, 5.41) is 0. The fourth-order valence-electron chi connectivity index (χ4n) is 4.45. The summed E-state index contributed by atoms with van der Waals surface area (Å²) in [5.41, 5.74) is -1.23. The lowest BCUT2D eigenvalue weighted by Crippen LogP contribution is -2.45. The standard InChI is InChI=1S/C24H43N5O9P2/c1-10-35-40(32,36-11-2)16-27(8)22-21(38-39(34-15-13-25-7)29(17(3)4)18(5)6)20(33-9)23(37-22)28-14-12-19(30)26-24(28)31/h12,14,17-18,20-23H,10-11,13,15-16H2,1-6,8-9H3,(H,26,30,31)/t20?,21?,22-,23+,39?/m0/s1. The number of aromatic amines is 1. The normalized spacial score (nSPS) is 22.5. The second kappa shape index (κ2) is 16.2. The molecule has 14 nitrogen and oxygen atoms in total. The quantitative estimate of drug-likeness (QED) is 0.159. The monoisotopic (exact) mass is 607 g/mol. The third-order valence-electron chi connectivity index (χ3n) is 5.91. The third-order valence-corrected chi connectivity index (χ3v) is 10.1. The van der Waals surface area contributed by atoms with Gasteiger partial charge < -0.3 is 32.4 Å². The van der Waals surface area contributed by atoms with Gasteiger partial charge in [0.1, 0.15) is 31.3 Å². The molecule has 1 aliphatic heterocycles. The maximum absolute atomic E-state index is 13.4. The predicted octanol–water partition coefficient (Wildman–Crippen LogP) is 3.23. The second-order valence-corrected chi connectivity index (χ2v) is 13.0. The SMILES string of the molecule is [C-]#[N+]CCOP(OC1C(OC)[C@H](n2ccc(=O)[nH]c2=O)O[C@@H]1N(C)CP(=O)(OCC)OCC)N(C(C)C)C(C)C. The van der Waals surface area contributed by atoms with Crippen LogP contribution in [-0.2, 0) is 32.1 Å². The predicted molar refractivity (Wildman–Crippen MR) is 151 cm³/mol. The Bertz CT molecular complexity index is 1110. The van der Waals surface area contributed by atoms with Gasteiger partial charge in [-0.2, -0.15) is 0 Å². The average molecular weight is 608 g/mol. The maximum atomic E-state index is 13.4. The topological polar surface area (TPSA) is 138 Å². The van der Waals surface area contributed by atoms with Crippen molar-refractivity contribution < 1.29 is 32.1 Å². The van der Waals surface area contributed by atoms with E-state index in [0.29, 0.717) is 0 Å². The number of hydrogen-bond acceptors (Lipinski definition) is 11. The van der Waals surface area contributed by atoms with Crippen LogP contribution in [0.2, 0.25) is 0 Å². The van der Waals surface area contributed by atoms with E-state index in [1.807, 2.05) is 27.7 Å². The summed E-state index contributed by atoms with van der Waals surface area (Å²) in [6, 6.07) is 1.28. The highest BCUT2D eigenvalue weighted by Crippen LogP contribution is 2.52. The first-order chi connectivity index (χ1) is 18.9. The van der Waals surface area contributed by atoms with Gasteiger partial charge >= 0.3 is 13.3 Å². The summed E-state index contributed by atoms with van der Waals surface area (Å²) >= 11 is 0. The average Bonchev–Trinajstić information content (AvgIpc) is 3.21. The molecule has 2 heterocycles. The van der Waals surface area contributed by atoms with E-state index >= 15 is 0 Å². The molecule has 1 N–H and O–H groups in total. The highest BCUT2D eigenvalue weighted by Gasteiger charge is 2.52. The van der Waals surface area contributed by atoms with Crippen LogP contribution in [0.4, 0.5) is 0 Å². The van der Waals surface area contributed by atoms with Crippen molar-refractivity contribution in [2.24, 2.45) is 0 Å². The van der Waals surface area contributed by atoms with Crippen LogP contribution in [0.3, 0.4) is 0 Å². The molecule has 0 aromatic carbocycles. The van der Waals surface area contributed by atoms with Crippen molar-refractivity contribution in [3.63, 3.8) is 0 Å². The number of H-pyrrole nitrogens is 1. The molecule has 5 atom stereocenters. The lowest BCUT2D eigenvalue weighted by atomic mass is 10.2. The largest absolute Gasteiger partial charge is 0.374 e. The molecular weight excluding hydrogens is 564 g/mol. The number of nitrogens with zero attached hydrogens (tertiary/aromatic N) is 4. The van der Waals surface area contributed by atoms with Crippen molar-refractivity contribution >= 4 is 16.1 Å². The van der Waals surface area contributed by atoms with E-state index in [0.717, 1.165) is 0 Å². The van der Waals surface area contributed by atoms with Crippen molar-refractivity contribution in [2.45, 2.75) is 78.3 Å². The minimum absolute atomic E-state index is 0.0345. The summed E-state index contributed by atoms with van der Waals surface area (Å²) in [7, 11) is -2.12. The molecule has 2 rings (SSSR count). The van der Waals surface area contributed by atoms with Crippen LogP contribution in [0.15, 0.2) is 21.9 Å². The van der Waals surface area contributed by atoms with E-state index in [-0.39, 0.29) is 44.7 Å². The van der Waals surface area contributed by atoms with E-state index in [9.17, 15) is 14.2 Å². The van der Waals surface area contributed by atoms with Crippen LogP contribution in [0.25, 0.3) is 4.85 Å². The number of ether oxygens (including phenoxy) is 2. The molecular formula is C24H43N5O9P2. The Hall–Kier alpha value is -1.49. The molecule has 1 aromatic heterocycles. The third kappa shape index (κ3) is 9.00. The lowest BCUT2D eigenvalue weighted by Gasteiger charge is -2.39. The molecule has 1 aromatic rings. The number of rotatable bonds is 17. The van der Waals surface area contributed by atoms with Gasteiger partial charge in [-0.3, -0.25) is 23.8 Å². The van der Waals surface area contributed by atoms with Gasteiger partial charge in [0.15, 0.2) is 6.23 Å². The molecule has 16 heteroatoms.